The van der Waals surface area contributed by atoms with Crippen LogP contribution in [-0.2, 0) is 9.53 Å². The standard InChI is InChI=1S/C16H15NO4/c1-19-15(11-5-3-2-4-6-11)16(18)17-12-7-8-13-14(9-12)21-10-20-13/h2-9,15H,10H2,1H3,(H,17,18)/t15-/m0/s1. The van der Waals surface area contributed by atoms with Gasteiger partial charge in [-0.2, -0.15) is 0 Å². The van der Waals surface area contributed by atoms with Gasteiger partial charge >= 0.3 is 0 Å². The fraction of sp³-hybridized carbons (Fsp3) is 0.188. The van der Waals surface area contributed by atoms with E-state index in [2.05, 4.69) is 5.32 Å². The first-order valence-corrected chi connectivity index (χ1v) is 6.56. The van der Waals surface area contributed by atoms with Crippen LogP contribution in [0.15, 0.2) is 48.5 Å². The number of anilines is 1. The Labute approximate surface area is 122 Å². The molecule has 0 bridgehead atoms. The third kappa shape index (κ3) is 2.83. The van der Waals surface area contributed by atoms with Gasteiger partial charge in [0, 0.05) is 18.9 Å². The largest absolute Gasteiger partial charge is 0.454 e. The van der Waals surface area contributed by atoms with Gasteiger partial charge in [0.1, 0.15) is 0 Å². The highest BCUT2D eigenvalue weighted by molar-refractivity contribution is 5.95. The Morgan fingerprint density at radius 1 is 1.14 bits per heavy atom. The van der Waals surface area contributed by atoms with Crippen molar-refractivity contribution in [3.63, 3.8) is 0 Å². The van der Waals surface area contributed by atoms with E-state index in [0.29, 0.717) is 17.2 Å². The highest BCUT2D eigenvalue weighted by Gasteiger charge is 2.21. The number of benzene rings is 2. The fourth-order valence-corrected chi connectivity index (χ4v) is 2.20. The molecule has 1 aliphatic rings. The Balaban J connectivity index is 1.76. The van der Waals surface area contributed by atoms with Crippen LogP contribution in [0.3, 0.4) is 0 Å². The monoisotopic (exact) mass is 285 g/mol. The molecule has 1 heterocycles. The van der Waals surface area contributed by atoms with E-state index in [1.807, 2.05) is 30.3 Å². The Morgan fingerprint density at radius 3 is 2.67 bits per heavy atom. The molecule has 5 nitrogen and oxygen atoms in total. The van der Waals surface area contributed by atoms with Crippen molar-refractivity contribution in [2.45, 2.75) is 6.10 Å². The lowest BCUT2D eigenvalue weighted by atomic mass is 10.1. The molecule has 0 aliphatic carbocycles. The summed E-state index contributed by atoms with van der Waals surface area (Å²) >= 11 is 0. The van der Waals surface area contributed by atoms with Crippen molar-refractivity contribution in [2.75, 3.05) is 19.2 Å². The second-order valence-electron chi connectivity index (χ2n) is 4.58. The molecule has 2 aromatic carbocycles. The van der Waals surface area contributed by atoms with Crippen molar-refractivity contribution in [3.05, 3.63) is 54.1 Å². The molecule has 1 aliphatic heterocycles. The molecule has 0 saturated carbocycles. The third-order valence-corrected chi connectivity index (χ3v) is 3.22. The lowest BCUT2D eigenvalue weighted by Gasteiger charge is -2.15. The molecule has 0 unspecified atom stereocenters. The Kier molecular flexibility index (Phi) is 3.75. The zero-order chi connectivity index (χ0) is 14.7. The van der Waals surface area contributed by atoms with Gasteiger partial charge in [0.25, 0.3) is 5.91 Å². The average Bonchev–Trinajstić information content (AvgIpc) is 2.96. The van der Waals surface area contributed by atoms with Gasteiger partial charge in [-0.05, 0) is 17.7 Å². The van der Waals surface area contributed by atoms with E-state index in [-0.39, 0.29) is 12.7 Å². The molecule has 2 aromatic rings. The molecule has 3 rings (SSSR count). The van der Waals surface area contributed by atoms with Crippen molar-refractivity contribution in [1.82, 2.24) is 0 Å². The second kappa shape index (κ2) is 5.85. The lowest BCUT2D eigenvalue weighted by molar-refractivity contribution is -0.126. The molecule has 1 atom stereocenters. The minimum absolute atomic E-state index is 0.206. The highest BCUT2D eigenvalue weighted by Crippen LogP contribution is 2.34. The van der Waals surface area contributed by atoms with Gasteiger partial charge in [0.2, 0.25) is 6.79 Å². The molecule has 108 valence electrons. The van der Waals surface area contributed by atoms with Gasteiger partial charge in [-0.25, -0.2) is 0 Å². The number of nitrogens with one attached hydrogen (secondary N) is 1. The van der Waals surface area contributed by atoms with Gasteiger partial charge in [-0.3, -0.25) is 4.79 Å². The molecular weight excluding hydrogens is 270 g/mol. The van der Waals surface area contributed by atoms with Crippen LogP contribution >= 0.6 is 0 Å². The second-order valence-corrected chi connectivity index (χ2v) is 4.58. The number of carbonyl (C=O) groups is 1. The van der Waals surface area contributed by atoms with E-state index >= 15 is 0 Å². The topological polar surface area (TPSA) is 56.8 Å². The number of methoxy groups -OCH3 is 1. The summed E-state index contributed by atoms with van der Waals surface area (Å²) < 4.78 is 15.8. The number of fused-ring (bicyclic) bond motifs is 1. The molecule has 0 fully saturated rings. The summed E-state index contributed by atoms with van der Waals surface area (Å²) in [5, 5.41) is 2.82. The molecule has 0 saturated heterocycles. The predicted molar refractivity (Wildman–Crippen MR) is 77.4 cm³/mol. The van der Waals surface area contributed by atoms with Crippen LogP contribution in [0.4, 0.5) is 5.69 Å². The van der Waals surface area contributed by atoms with Crippen LogP contribution in [0.2, 0.25) is 0 Å². The van der Waals surface area contributed by atoms with Crippen molar-refractivity contribution < 1.29 is 19.0 Å². The predicted octanol–water partition coefficient (Wildman–Crippen LogP) is 2.74. The summed E-state index contributed by atoms with van der Waals surface area (Å²) in [4.78, 5) is 12.3. The SMILES string of the molecule is CO[C@H](C(=O)Nc1ccc2c(c1)OCO2)c1ccccc1. The van der Waals surface area contributed by atoms with E-state index in [4.69, 9.17) is 14.2 Å². The molecule has 0 spiro atoms. The maximum Gasteiger partial charge on any atom is 0.258 e. The number of rotatable bonds is 4. The van der Waals surface area contributed by atoms with Crippen molar-refractivity contribution in [3.8, 4) is 11.5 Å². The van der Waals surface area contributed by atoms with E-state index in [1.54, 1.807) is 18.2 Å². The van der Waals surface area contributed by atoms with Gasteiger partial charge in [0.15, 0.2) is 17.6 Å². The van der Waals surface area contributed by atoms with Crippen LogP contribution in [0, 0.1) is 0 Å². The number of amides is 1. The summed E-state index contributed by atoms with van der Waals surface area (Å²) in [5.41, 5.74) is 1.44. The maximum atomic E-state index is 12.3. The van der Waals surface area contributed by atoms with E-state index in [1.165, 1.54) is 7.11 Å². The van der Waals surface area contributed by atoms with Gasteiger partial charge < -0.3 is 19.5 Å². The summed E-state index contributed by atoms with van der Waals surface area (Å²) in [5.74, 6) is 1.07. The fourth-order valence-electron chi connectivity index (χ4n) is 2.20. The molecule has 5 heteroatoms. The first-order chi connectivity index (χ1) is 10.3. The first-order valence-electron chi connectivity index (χ1n) is 6.56. The van der Waals surface area contributed by atoms with Crippen LogP contribution in [-0.4, -0.2) is 19.8 Å². The van der Waals surface area contributed by atoms with Crippen molar-refractivity contribution in [1.29, 1.82) is 0 Å². The third-order valence-electron chi connectivity index (χ3n) is 3.22. The Morgan fingerprint density at radius 2 is 1.90 bits per heavy atom. The van der Waals surface area contributed by atoms with E-state index in [0.717, 1.165) is 5.56 Å². The number of hydrogen-bond acceptors (Lipinski definition) is 4. The zero-order valence-corrected chi connectivity index (χ0v) is 11.5. The molecule has 1 N–H and O–H groups in total. The van der Waals surface area contributed by atoms with Crippen molar-refractivity contribution in [2.24, 2.45) is 0 Å². The number of carbonyl (C=O) groups excluding carboxylic acids is 1. The first kappa shape index (κ1) is 13.5. The summed E-state index contributed by atoms with van der Waals surface area (Å²) in [7, 11) is 1.51. The lowest BCUT2D eigenvalue weighted by Crippen LogP contribution is -2.22. The molecule has 1 amide bonds. The van der Waals surface area contributed by atoms with Crippen LogP contribution < -0.4 is 14.8 Å². The van der Waals surface area contributed by atoms with Crippen LogP contribution in [0.1, 0.15) is 11.7 Å². The normalized spacial score (nSPS) is 13.8. The van der Waals surface area contributed by atoms with E-state index < -0.39 is 6.10 Å². The van der Waals surface area contributed by atoms with Crippen molar-refractivity contribution >= 4 is 11.6 Å². The minimum atomic E-state index is -0.656. The molecule has 21 heavy (non-hydrogen) atoms. The van der Waals surface area contributed by atoms with Crippen LogP contribution in [0.5, 0.6) is 11.5 Å². The zero-order valence-electron chi connectivity index (χ0n) is 11.5. The molecular formula is C16H15NO4. The molecule has 0 aromatic heterocycles. The summed E-state index contributed by atoms with van der Waals surface area (Å²) in [6.45, 7) is 0.206. The van der Waals surface area contributed by atoms with Crippen LogP contribution in [0.25, 0.3) is 0 Å². The smallest absolute Gasteiger partial charge is 0.258 e. The maximum absolute atomic E-state index is 12.3. The Hall–Kier alpha value is -2.53. The summed E-state index contributed by atoms with van der Waals surface area (Å²) in [6, 6.07) is 14.6. The van der Waals surface area contributed by atoms with Gasteiger partial charge in [-0.15, -0.1) is 0 Å². The minimum Gasteiger partial charge on any atom is -0.454 e. The van der Waals surface area contributed by atoms with E-state index in [9.17, 15) is 4.79 Å². The van der Waals surface area contributed by atoms with Gasteiger partial charge in [0.05, 0.1) is 0 Å². The average molecular weight is 285 g/mol. The summed E-state index contributed by atoms with van der Waals surface area (Å²) in [6.07, 6.45) is -0.656. The molecule has 0 radical (unpaired) electrons. The Bertz CT molecular complexity index is 642. The quantitative estimate of drug-likeness (QED) is 0.938. The highest BCUT2D eigenvalue weighted by atomic mass is 16.7. The van der Waals surface area contributed by atoms with Gasteiger partial charge in [-0.1, -0.05) is 30.3 Å². The number of ether oxygens (including phenoxy) is 3. The number of hydrogen-bond donors (Lipinski definition) is 1.